The molecule has 2 nitrogen and oxygen atoms in total. The lowest BCUT2D eigenvalue weighted by atomic mass is 10.2. The van der Waals surface area contributed by atoms with Gasteiger partial charge in [-0.25, -0.2) is 0 Å². The van der Waals surface area contributed by atoms with E-state index in [1.807, 2.05) is 7.05 Å². The maximum absolute atomic E-state index is 5.90. The summed E-state index contributed by atoms with van der Waals surface area (Å²) in [4.78, 5) is 0. The second-order valence-corrected chi connectivity index (χ2v) is 2.98. The number of nitrogens with one attached hydrogen (secondary N) is 1. The van der Waals surface area contributed by atoms with Crippen LogP contribution < -0.4 is 11.1 Å². The quantitative estimate of drug-likeness (QED) is 0.525. The Hall–Kier alpha value is -1.17. The van der Waals surface area contributed by atoms with Gasteiger partial charge in [-0.2, -0.15) is 0 Å². The van der Waals surface area contributed by atoms with Crippen molar-refractivity contribution < 1.29 is 0 Å². The normalized spacial score (nSPS) is 9.08. The number of nitrogen functional groups attached to an aromatic ring is 1. The molecule has 0 saturated carbocycles. The summed E-state index contributed by atoms with van der Waals surface area (Å²) in [5.74, 6) is 5.85. The van der Waals surface area contributed by atoms with Crippen LogP contribution in [0.1, 0.15) is 5.56 Å². The summed E-state index contributed by atoms with van der Waals surface area (Å²) in [6, 6.07) is 5.27. The third kappa shape index (κ3) is 2.98. The zero-order valence-electron chi connectivity index (χ0n) is 7.39. The van der Waals surface area contributed by atoms with Gasteiger partial charge in [-0.15, -0.1) is 0 Å². The second-order valence-electron chi connectivity index (χ2n) is 2.57. The van der Waals surface area contributed by atoms with E-state index in [4.69, 9.17) is 17.3 Å². The molecular formula is C10H11ClN2. The number of hydrogen-bond donors (Lipinski definition) is 2. The highest BCUT2D eigenvalue weighted by molar-refractivity contribution is 6.31. The maximum Gasteiger partial charge on any atom is 0.0577 e. The van der Waals surface area contributed by atoms with Crippen LogP contribution in [-0.2, 0) is 0 Å². The zero-order chi connectivity index (χ0) is 9.68. The Bertz CT molecular complexity index is 350. The van der Waals surface area contributed by atoms with Crippen LogP contribution in [0.15, 0.2) is 18.2 Å². The zero-order valence-corrected chi connectivity index (χ0v) is 8.15. The molecule has 68 valence electrons. The lowest BCUT2D eigenvalue weighted by Gasteiger charge is -1.96. The van der Waals surface area contributed by atoms with Gasteiger partial charge in [0.05, 0.1) is 11.6 Å². The Balaban J connectivity index is 2.89. The monoisotopic (exact) mass is 194 g/mol. The van der Waals surface area contributed by atoms with Crippen molar-refractivity contribution in [3.63, 3.8) is 0 Å². The first-order valence-corrected chi connectivity index (χ1v) is 4.30. The van der Waals surface area contributed by atoms with Gasteiger partial charge in [0.15, 0.2) is 0 Å². The minimum Gasteiger partial charge on any atom is -0.399 e. The van der Waals surface area contributed by atoms with Crippen molar-refractivity contribution in [2.75, 3.05) is 19.3 Å². The summed E-state index contributed by atoms with van der Waals surface area (Å²) in [5.41, 5.74) is 7.04. The first kappa shape index (κ1) is 9.91. The van der Waals surface area contributed by atoms with E-state index in [2.05, 4.69) is 17.2 Å². The average molecular weight is 195 g/mol. The van der Waals surface area contributed by atoms with Crippen LogP contribution in [0.3, 0.4) is 0 Å². The second kappa shape index (κ2) is 4.76. The van der Waals surface area contributed by atoms with E-state index in [-0.39, 0.29) is 0 Å². The molecule has 0 radical (unpaired) electrons. The van der Waals surface area contributed by atoms with Gasteiger partial charge in [0.25, 0.3) is 0 Å². The Morgan fingerprint density at radius 1 is 1.54 bits per heavy atom. The Morgan fingerprint density at radius 2 is 2.31 bits per heavy atom. The molecule has 0 amide bonds. The molecule has 13 heavy (non-hydrogen) atoms. The van der Waals surface area contributed by atoms with Crippen molar-refractivity contribution in [2.45, 2.75) is 0 Å². The highest BCUT2D eigenvalue weighted by atomic mass is 35.5. The molecule has 0 aliphatic rings. The molecule has 1 aromatic carbocycles. The molecule has 0 fully saturated rings. The summed E-state index contributed by atoms with van der Waals surface area (Å²) >= 11 is 5.90. The molecular weight excluding hydrogens is 184 g/mol. The van der Waals surface area contributed by atoms with Gasteiger partial charge in [0.2, 0.25) is 0 Å². The SMILES string of the molecule is CNCC#Cc1cc(N)ccc1Cl. The van der Waals surface area contributed by atoms with Crippen molar-refractivity contribution in [2.24, 2.45) is 0 Å². The summed E-state index contributed by atoms with van der Waals surface area (Å²) in [5, 5.41) is 3.56. The molecule has 0 unspecified atom stereocenters. The number of benzene rings is 1. The largest absolute Gasteiger partial charge is 0.399 e. The number of halogens is 1. The van der Waals surface area contributed by atoms with Gasteiger partial charge in [-0.05, 0) is 25.2 Å². The molecule has 0 saturated heterocycles. The van der Waals surface area contributed by atoms with Gasteiger partial charge in [0, 0.05) is 11.3 Å². The van der Waals surface area contributed by atoms with Crippen LogP contribution in [0.5, 0.6) is 0 Å². The molecule has 0 heterocycles. The van der Waals surface area contributed by atoms with E-state index in [1.165, 1.54) is 0 Å². The minimum atomic E-state index is 0.637. The fraction of sp³-hybridized carbons (Fsp3) is 0.200. The lowest BCUT2D eigenvalue weighted by molar-refractivity contribution is 0.938. The van der Waals surface area contributed by atoms with Crippen LogP contribution in [-0.4, -0.2) is 13.6 Å². The Kier molecular flexibility index (Phi) is 3.63. The van der Waals surface area contributed by atoms with Crippen molar-refractivity contribution in [1.82, 2.24) is 5.32 Å². The average Bonchev–Trinajstić information content (AvgIpc) is 2.11. The van der Waals surface area contributed by atoms with E-state index in [0.717, 1.165) is 5.56 Å². The summed E-state index contributed by atoms with van der Waals surface area (Å²) in [7, 11) is 1.84. The van der Waals surface area contributed by atoms with E-state index >= 15 is 0 Å². The number of nitrogens with two attached hydrogens (primary N) is 1. The third-order valence-corrected chi connectivity index (χ3v) is 1.81. The Labute approximate surface area is 83.1 Å². The van der Waals surface area contributed by atoms with Crippen LogP contribution in [0.25, 0.3) is 0 Å². The molecule has 0 atom stereocenters. The first-order chi connectivity index (χ1) is 6.24. The fourth-order valence-electron chi connectivity index (χ4n) is 0.866. The molecule has 0 aliphatic heterocycles. The molecule has 0 bridgehead atoms. The molecule has 1 aromatic rings. The molecule has 3 N–H and O–H groups in total. The van der Waals surface area contributed by atoms with Gasteiger partial charge in [-0.3, -0.25) is 0 Å². The minimum absolute atomic E-state index is 0.637. The van der Waals surface area contributed by atoms with Crippen LogP contribution >= 0.6 is 11.6 Å². The third-order valence-electron chi connectivity index (χ3n) is 1.48. The van der Waals surface area contributed by atoms with Gasteiger partial charge >= 0.3 is 0 Å². The molecule has 0 aromatic heterocycles. The summed E-state index contributed by atoms with van der Waals surface area (Å²) in [6.45, 7) is 0.644. The highest BCUT2D eigenvalue weighted by Gasteiger charge is 1.95. The van der Waals surface area contributed by atoms with E-state index in [1.54, 1.807) is 18.2 Å². The van der Waals surface area contributed by atoms with Gasteiger partial charge in [0.1, 0.15) is 0 Å². The molecule has 0 aliphatic carbocycles. The van der Waals surface area contributed by atoms with E-state index in [0.29, 0.717) is 17.3 Å². The lowest BCUT2D eigenvalue weighted by Crippen LogP contribution is -2.04. The fourth-order valence-corrected chi connectivity index (χ4v) is 1.03. The number of anilines is 1. The van der Waals surface area contributed by atoms with Crippen molar-refractivity contribution in [3.05, 3.63) is 28.8 Å². The van der Waals surface area contributed by atoms with Gasteiger partial charge in [-0.1, -0.05) is 23.4 Å². The van der Waals surface area contributed by atoms with Crippen molar-refractivity contribution in [3.8, 4) is 11.8 Å². The summed E-state index contributed by atoms with van der Waals surface area (Å²) < 4.78 is 0. The maximum atomic E-state index is 5.90. The van der Waals surface area contributed by atoms with Crippen LogP contribution in [0, 0.1) is 11.8 Å². The standard InChI is InChI=1S/C10H11ClN2/c1-13-6-2-3-8-7-9(12)4-5-10(8)11/h4-5,7,13H,6,12H2,1H3. The predicted octanol–water partition coefficient (Wildman–Crippen LogP) is 1.49. The molecule has 0 spiro atoms. The van der Waals surface area contributed by atoms with E-state index in [9.17, 15) is 0 Å². The van der Waals surface area contributed by atoms with Crippen LogP contribution in [0.2, 0.25) is 5.02 Å². The van der Waals surface area contributed by atoms with Crippen LogP contribution in [0.4, 0.5) is 5.69 Å². The van der Waals surface area contributed by atoms with Crippen molar-refractivity contribution >= 4 is 17.3 Å². The highest BCUT2D eigenvalue weighted by Crippen LogP contribution is 2.17. The smallest absolute Gasteiger partial charge is 0.0577 e. The topological polar surface area (TPSA) is 38.0 Å². The van der Waals surface area contributed by atoms with Gasteiger partial charge < -0.3 is 11.1 Å². The molecule has 3 heteroatoms. The van der Waals surface area contributed by atoms with Crippen molar-refractivity contribution in [1.29, 1.82) is 0 Å². The number of hydrogen-bond acceptors (Lipinski definition) is 2. The molecule has 1 rings (SSSR count). The Morgan fingerprint density at radius 3 is 3.00 bits per heavy atom. The first-order valence-electron chi connectivity index (χ1n) is 3.92. The number of rotatable bonds is 1. The predicted molar refractivity (Wildman–Crippen MR) is 56.7 cm³/mol. The summed E-state index contributed by atoms with van der Waals surface area (Å²) in [6.07, 6.45) is 0. The van der Waals surface area contributed by atoms with E-state index < -0.39 is 0 Å².